The quantitative estimate of drug-likeness (QED) is 0.645. The SMILES string of the molecule is O=C(CCC(=O)c1cnc(-c2ccccc2)nc1)c1ccccc1. The molecule has 0 amide bonds. The zero-order chi connectivity index (χ0) is 16.8. The van der Waals surface area contributed by atoms with Crippen molar-refractivity contribution in [2.75, 3.05) is 0 Å². The van der Waals surface area contributed by atoms with Crippen molar-refractivity contribution in [2.24, 2.45) is 0 Å². The fraction of sp³-hybridized carbons (Fsp3) is 0.100. The molecule has 0 saturated heterocycles. The van der Waals surface area contributed by atoms with E-state index in [2.05, 4.69) is 9.97 Å². The molecular weight excluding hydrogens is 300 g/mol. The van der Waals surface area contributed by atoms with Crippen molar-refractivity contribution in [3.63, 3.8) is 0 Å². The molecule has 0 bridgehead atoms. The molecule has 0 radical (unpaired) electrons. The monoisotopic (exact) mass is 316 g/mol. The second-order valence-corrected chi connectivity index (χ2v) is 5.37. The van der Waals surface area contributed by atoms with E-state index in [1.165, 1.54) is 12.4 Å². The summed E-state index contributed by atoms with van der Waals surface area (Å²) in [5.41, 5.74) is 1.95. The molecule has 118 valence electrons. The van der Waals surface area contributed by atoms with Crippen molar-refractivity contribution >= 4 is 11.6 Å². The summed E-state index contributed by atoms with van der Waals surface area (Å²) >= 11 is 0. The van der Waals surface area contributed by atoms with Crippen molar-refractivity contribution in [2.45, 2.75) is 12.8 Å². The largest absolute Gasteiger partial charge is 0.294 e. The standard InChI is InChI=1S/C20H16N2O2/c23-18(15-7-3-1-4-8-15)11-12-19(24)17-13-21-20(22-14-17)16-9-5-2-6-10-16/h1-10,13-14H,11-12H2. The van der Waals surface area contributed by atoms with E-state index in [9.17, 15) is 9.59 Å². The summed E-state index contributed by atoms with van der Waals surface area (Å²) in [6.45, 7) is 0. The van der Waals surface area contributed by atoms with Gasteiger partial charge in [0, 0.05) is 36.4 Å². The van der Waals surface area contributed by atoms with Crippen molar-refractivity contribution < 1.29 is 9.59 Å². The van der Waals surface area contributed by atoms with Gasteiger partial charge in [0.05, 0.1) is 5.56 Å². The summed E-state index contributed by atoms with van der Waals surface area (Å²) in [4.78, 5) is 32.7. The molecular formula is C20H16N2O2. The molecule has 1 aromatic heterocycles. The lowest BCUT2D eigenvalue weighted by Crippen LogP contribution is -2.06. The Hall–Kier alpha value is -3.14. The van der Waals surface area contributed by atoms with E-state index in [-0.39, 0.29) is 24.4 Å². The molecule has 1 heterocycles. The Morgan fingerprint density at radius 3 is 1.75 bits per heavy atom. The average Bonchev–Trinajstić information content (AvgIpc) is 2.67. The molecule has 0 atom stereocenters. The maximum atomic E-state index is 12.2. The maximum Gasteiger partial charge on any atom is 0.166 e. The van der Waals surface area contributed by atoms with Gasteiger partial charge < -0.3 is 0 Å². The summed E-state index contributed by atoms with van der Waals surface area (Å²) in [6.07, 6.45) is 3.38. The van der Waals surface area contributed by atoms with Crippen LogP contribution in [0.2, 0.25) is 0 Å². The zero-order valence-corrected chi connectivity index (χ0v) is 13.1. The molecule has 2 aromatic carbocycles. The minimum atomic E-state index is -0.126. The van der Waals surface area contributed by atoms with E-state index in [0.29, 0.717) is 17.0 Å². The van der Waals surface area contributed by atoms with Crippen LogP contribution in [0.5, 0.6) is 0 Å². The molecule has 4 heteroatoms. The average molecular weight is 316 g/mol. The van der Waals surface area contributed by atoms with Crippen LogP contribution in [0.3, 0.4) is 0 Å². The second-order valence-electron chi connectivity index (χ2n) is 5.37. The Bertz CT molecular complexity index is 829. The van der Waals surface area contributed by atoms with Crippen LogP contribution in [0.4, 0.5) is 0 Å². The fourth-order valence-corrected chi connectivity index (χ4v) is 2.35. The predicted octanol–water partition coefficient (Wildman–Crippen LogP) is 3.99. The lowest BCUT2D eigenvalue weighted by molar-refractivity contribution is 0.0917. The van der Waals surface area contributed by atoms with Crippen molar-refractivity contribution in [3.05, 3.63) is 84.2 Å². The van der Waals surface area contributed by atoms with Gasteiger partial charge in [-0.1, -0.05) is 60.7 Å². The van der Waals surface area contributed by atoms with Gasteiger partial charge in [-0.05, 0) is 0 Å². The predicted molar refractivity (Wildman–Crippen MR) is 91.8 cm³/mol. The lowest BCUT2D eigenvalue weighted by Gasteiger charge is -2.03. The Morgan fingerprint density at radius 2 is 1.17 bits per heavy atom. The highest BCUT2D eigenvalue weighted by atomic mass is 16.1. The molecule has 0 unspecified atom stereocenters. The number of nitrogens with zero attached hydrogens (tertiary/aromatic N) is 2. The Morgan fingerprint density at radius 1 is 0.667 bits per heavy atom. The molecule has 3 rings (SSSR count). The third-order valence-electron chi connectivity index (χ3n) is 3.68. The minimum absolute atomic E-state index is 0.0363. The van der Waals surface area contributed by atoms with Gasteiger partial charge in [-0.3, -0.25) is 9.59 Å². The third kappa shape index (κ3) is 3.79. The Kier molecular flexibility index (Phi) is 4.87. The second kappa shape index (κ2) is 7.42. The van der Waals surface area contributed by atoms with Crippen LogP contribution in [0, 0.1) is 0 Å². The molecule has 0 spiro atoms. The van der Waals surface area contributed by atoms with E-state index < -0.39 is 0 Å². The minimum Gasteiger partial charge on any atom is -0.294 e. The molecule has 0 fully saturated rings. The number of Topliss-reactive ketones (excluding diaryl/α,β-unsaturated/α-hetero) is 2. The fourth-order valence-electron chi connectivity index (χ4n) is 2.35. The highest BCUT2D eigenvalue weighted by Crippen LogP contribution is 2.14. The van der Waals surface area contributed by atoms with Crippen LogP contribution in [-0.4, -0.2) is 21.5 Å². The summed E-state index contributed by atoms with van der Waals surface area (Å²) in [7, 11) is 0. The first-order valence-corrected chi connectivity index (χ1v) is 7.73. The first kappa shape index (κ1) is 15.7. The van der Waals surface area contributed by atoms with Gasteiger partial charge in [0.2, 0.25) is 0 Å². The topological polar surface area (TPSA) is 59.9 Å². The molecule has 4 nitrogen and oxygen atoms in total. The number of carbonyl (C=O) groups is 2. The van der Waals surface area contributed by atoms with Crippen LogP contribution in [0.25, 0.3) is 11.4 Å². The van der Waals surface area contributed by atoms with E-state index >= 15 is 0 Å². The Labute approximate surface area is 140 Å². The van der Waals surface area contributed by atoms with E-state index in [4.69, 9.17) is 0 Å². The van der Waals surface area contributed by atoms with Crippen LogP contribution < -0.4 is 0 Å². The smallest absolute Gasteiger partial charge is 0.166 e. The van der Waals surface area contributed by atoms with Crippen LogP contribution in [0.1, 0.15) is 33.6 Å². The van der Waals surface area contributed by atoms with Gasteiger partial charge in [0.15, 0.2) is 17.4 Å². The van der Waals surface area contributed by atoms with Crippen molar-refractivity contribution in [1.29, 1.82) is 0 Å². The van der Waals surface area contributed by atoms with Gasteiger partial charge in [0.25, 0.3) is 0 Å². The van der Waals surface area contributed by atoms with Crippen LogP contribution in [0.15, 0.2) is 73.1 Å². The van der Waals surface area contributed by atoms with Gasteiger partial charge in [0.1, 0.15) is 0 Å². The van der Waals surface area contributed by atoms with Gasteiger partial charge in [-0.2, -0.15) is 0 Å². The zero-order valence-electron chi connectivity index (χ0n) is 13.1. The number of ketones is 2. The first-order valence-electron chi connectivity index (χ1n) is 7.73. The Balaban J connectivity index is 1.62. The van der Waals surface area contributed by atoms with Crippen molar-refractivity contribution in [3.8, 4) is 11.4 Å². The molecule has 0 saturated carbocycles. The summed E-state index contributed by atoms with van der Waals surface area (Å²) in [5, 5.41) is 0. The number of hydrogen-bond acceptors (Lipinski definition) is 4. The number of rotatable bonds is 6. The van der Waals surface area contributed by atoms with Crippen LogP contribution in [-0.2, 0) is 0 Å². The van der Waals surface area contributed by atoms with Gasteiger partial charge >= 0.3 is 0 Å². The summed E-state index contributed by atoms with van der Waals surface area (Å²) < 4.78 is 0. The molecule has 3 aromatic rings. The molecule has 0 aliphatic rings. The normalized spacial score (nSPS) is 10.3. The number of hydrogen-bond donors (Lipinski definition) is 0. The summed E-state index contributed by atoms with van der Waals surface area (Å²) in [6, 6.07) is 18.6. The molecule has 0 aliphatic carbocycles. The van der Waals surface area contributed by atoms with Gasteiger partial charge in [-0.15, -0.1) is 0 Å². The number of aromatic nitrogens is 2. The van der Waals surface area contributed by atoms with Crippen molar-refractivity contribution in [1.82, 2.24) is 9.97 Å². The van der Waals surface area contributed by atoms with Crippen LogP contribution >= 0.6 is 0 Å². The number of benzene rings is 2. The third-order valence-corrected chi connectivity index (χ3v) is 3.68. The summed E-state index contributed by atoms with van der Waals surface area (Å²) in [5.74, 6) is 0.414. The van der Waals surface area contributed by atoms with Gasteiger partial charge in [-0.25, -0.2) is 9.97 Å². The maximum absolute atomic E-state index is 12.2. The highest BCUT2D eigenvalue weighted by Gasteiger charge is 2.12. The molecule has 0 N–H and O–H groups in total. The highest BCUT2D eigenvalue weighted by molar-refractivity contribution is 6.01. The lowest BCUT2D eigenvalue weighted by atomic mass is 10.0. The number of carbonyl (C=O) groups excluding carboxylic acids is 2. The molecule has 0 aliphatic heterocycles. The van der Waals surface area contributed by atoms with E-state index in [0.717, 1.165) is 5.56 Å². The first-order chi connectivity index (χ1) is 11.7. The van der Waals surface area contributed by atoms with E-state index in [1.807, 2.05) is 48.5 Å². The van der Waals surface area contributed by atoms with E-state index in [1.54, 1.807) is 12.1 Å². The molecule has 24 heavy (non-hydrogen) atoms.